The molecule has 0 atom stereocenters. The summed E-state index contributed by atoms with van der Waals surface area (Å²) in [4.78, 5) is 13.9. The number of Topliss-reactive ketones (excluding diaryl/α,β-unsaturated/α-hetero) is 1. The summed E-state index contributed by atoms with van der Waals surface area (Å²) in [5.74, 6) is 1.14. The maximum absolute atomic E-state index is 11.5. The molecule has 23 heavy (non-hydrogen) atoms. The predicted molar refractivity (Wildman–Crippen MR) is 93.6 cm³/mol. The normalized spacial score (nSPS) is 20.2. The molecule has 0 unspecified atom stereocenters. The number of ketones is 1. The summed E-state index contributed by atoms with van der Waals surface area (Å²) in [6.45, 7) is 10.7. The molecule has 0 bridgehead atoms. The third-order valence-corrected chi connectivity index (χ3v) is 4.57. The van der Waals surface area contributed by atoms with Gasteiger partial charge in [0.1, 0.15) is 5.78 Å². The zero-order valence-electron chi connectivity index (χ0n) is 15.1. The van der Waals surface area contributed by atoms with Gasteiger partial charge in [-0.2, -0.15) is 0 Å². The first-order valence-electron chi connectivity index (χ1n) is 9.30. The smallest absolute Gasteiger partial charge is 0.138 e. The maximum atomic E-state index is 11.5. The lowest BCUT2D eigenvalue weighted by atomic mass is 9.83. The SMILES string of the molecule is CC(C)C(=O)C1CCCCC1.OCCOCCN1CCNCC1. The van der Waals surface area contributed by atoms with Gasteiger partial charge < -0.3 is 15.2 Å². The van der Waals surface area contributed by atoms with E-state index in [1.165, 1.54) is 19.3 Å². The van der Waals surface area contributed by atoms with E-state index in [0.29, 0.717) is 18.3 Å². The number of hydrogen-bond acceptors (Lipinski definition) is 5. The molecule has 2 fully saturated rings. The molecule has 0 amide bonds. The number of nitrogens with one attached hydrogen (secondary N) is 1. The van der Waals surface area contributed by atoms with Gasteiger partial charge in [-0.1, -0.05) is 33.1 Å². The monoisotopic (exact) mass is 328 g/mol. The molecule has 2 N–H and O–H groups in total. The predicted octanol–water partition coefficient (Wildman–Crippen LogP) is 1.69. The molecule has 1 saturated heterocycles. The minimum Gasteiger partial charge on any atom is -0.394 e. The van der Waals surface area contributed by atoms with Gasteiger partial charge in [0.2, 0.25) is 0 Å². The largest absolute Gasteiger partial charge is 0.394 e. The molecule has 0 aromatic heterocycles. The van der Waals surface area contributed by atoms with E-state index in [1.54, 1.807) is 0 Å². The van der Waals surface area contributed by atoms with Gasteiger partial charge in [0.05, 0.1) is 19.8 Å². The molecule has 2 rings (SSSR count). The Morgan fingerprint density at radius 3 is 2.39 bits per heavy atom. The zero-order chi connectivity index (χ0) is 16.9. The van der Waals surface area contributed by atoms with E-state index in [1.807, 2.05) is 13.8 Å². The average Bonchev–Trinajstić information content (AvgIpc) is 2.60. The number of aliphatic hydroxyl groups is 1. The van der Waals surface area contributed by atoms with Gasteiger partial charge >= 0.3 is 0 Å². The van der Waals surface area contributed by atoms with Crippen LogP contribution in [0, 0.1) is 11.8 Å². The Hall–Kier alpha value is -0.490. The number of rotatable bonds is 7. The summed E-state index contributed by atoms with van der Waals surface area (Å²) in [6.07, 6.45) is 6.17. The molecule has 1 heterocycles. The van der Waals surface area contributed by atoms with Gasteiger partial charge in [0, 0.05) is 44.6 Å². The fourth-order valence-corrected chi connectivity index (χ4v) is 3.15. The number of carbonyl (C=O) groups is 1. The second kappa shape index (κ2) is 12.9. The average molecular weight is 328 g/mol. The first kappa shape index (κ1) is 20.6. The second-order valence-electron chi connectivity index (χ2n) is 6.82. The Morgan fingerprint density at radius 2 is 1.83 bits per heavy atom. The van der Waals surface area contributed by atoms with Gasteiger partial charge in [-0.3, -0.25) is 9.69 Å². The Balaban J connectivity index is 0.000000231. The van der Waals surface area contributed by atoms with Crippen molar-refractivity contribution in [3.63, 3.8) is 0 Å². The number of ether oxygens (including phenoxy) is 1. The maximum Gasteiger partial charge on any atom is 0.138 e. The fraction of sp³-hybridized carbons (Fsp3) is 0.944. The number of piperazine rings is 1. The Morgan fingerprint density at radius 1 is 1.17 bits per heavy atom. The highest BCUT2D eigenvalue weighted by Gasteiger charge is 2.22. The molecule has 0 aromatic carbocycles. The number of nitrogens with zero attached hydrogens (tertiary/aromatic N) is 1. The molecule has 2 aliphatic rings. The molecular formula is C18H36N2O3. The van der Waals surface area contributed by atoms with Crippen LogP contribution >= 0.6 is 0 Å². The van der Waals surface area contributed by atoms with E-state index in [9.17, 15) is 4.79 Å². The lowest BCUT2D eigenvalue weighted by Gasteiger charge is -2.26. The summed E-state index contributed by atoms with van der Waals surface area (Å²) < 4.78 is 5.17. The Kier molecular flexibility index (Phi) is 11.5. The molecule has 5 heteroatoms. The van der Waals surface area contributed by atoms with Gasteiger partial charge in [-0.25, -0.2) is 0 Å². The van der Waals surface area contributed by atoms with E-state index < -0.39 is 0 Å². The van der Waals surface area contributed by atoms with Crippen molar-refractivity contribution in [2.24, 2.45) is 11.8 Å². The molecular weight excluding hydrogens is 292 g/mol. The summed E-state index contributed by atoms with van der Waals surface area (Å²) in [7, 11) is 0. The highest BCUT2D eigenvalue weighted by atomic mass is 16.5. The van der Waals surface area contributed by atoms with Crippen LogP contribution in [0.3, 0.4) is 0 Å². The van der Waals surface area contributed by atoms with Crippen molar-refractivity contribution in [2.75, 3.05) is 52.5 Å². The minimum absolute atomic E-state index is 0.127. The van der Waals surface area contributed by atoms with Crippen LogP contribution in [0.25, 0.3) is 0 Å². The summed E-state index contributed by atoms with van der Waals surface area (Å²) in [5, 5.41) is 11.7. The van der Waals surface area contributed by atoms with E-state index in [4.69, 9.17) is 9.84 Å². The molecule has 1 aliphatic heterocycles. The Bertz CT molecular complexity index is 299. The van der Waals surface area contributed by atoms with Gasteiger partial charge in [0.15, 0.2) is 0 Å². The third-order valence-electron chi connectivity index (χ3n) is 4.57. The fourth-order valence-electron chi connectivity index (χ4n) is 3.15. The highest BCUT2D eigenvalue weighted by Crippen LogP contribution is 2.26. The van der Waals surface area contributed by atoms with Gasteiger partial charge in [-0.05, 0) is 12.8 Å². The quantitative estimate of drug-likeness (QED) is 0.697. The van der Waals surface area contributed by atoms with Crippen molar-refractivity contribution in [1.29, 1.82) is 0 Å². The number of carbonyl (C=O) groups excluding carboxylic acids is 1. The molecule has 0 radical (unpaired) electrons. The molecule has 1 saturated carbocycles. The minimum atomic E-state index is 0.127. The molecule has 136 valence electrons. The van der Waals surface area contributed by atoms with Crippen LogP contribution in [0.4, 0.5) is 0 Å². The van der Waals surface area contributed by atoms with Crippen LogP contribution in [0.15, 0.2) is 0 Å². The highest BCUT2D eigenvalue weighted by molar-refractivity contribution is 5.82. The standard InChI is InChI=1S/C10H18O.C8H18N2O2/c1-8(2)10(11)9-6-4-3-5-7-9;11-6-8-12-7-5-10-3-1-9-2-4-10/h8-9H,3-7H2,1-2H3;9,11H,1-8H2. The summed E-state index contributed by atoms with van der Waals surface area (Å²) in [5.41, 5.74) is 0. The van der Waals surface area contributed by atoms with Crippen LogP contribution in [0.1, 0.15) is 46.0 Å². The second-order valence-corrected chi connectivity index (χ2v) is 6.82. The first-order chi connectivity index (χ1) is 11.1. The van der Waals surface area contributed by atoms with Crippen molar-refractivity contribution in [1.82, 2.24) is 10.2 Å². The van der Waals surface area contributed by atoms with Gasteiger partial charge in [-0.15, -0.1) is 0 Å². The van der Waals surface area contributed by atoms with E-state index in [-0.39, 0.29) is 12.5 Å². The van der Waals surface area contributed by atoms with E-state index >= 15 is 0 Å². The lowest BCUT2D eigenvalue weighted by molar-refractivity contribution is -0.126. The molecule has 0 spiro atoms. The lowest BCUT2D eigenvalue weighted by Crippen LogP contribution is -2.44. The summed E-state index contributed by atoms with van der Waals surface area (Å²) >= 11 is 0. The van der Waals surface area contributed by atoms with Crippen molar-refractivity contribution < 1.29 is 14.6 Å². The molecule has 1 aliphatic carbocycles. The molecule has 0 aromatic rings. The zero-order valence-corrected chi connectivity index (χ0v) is 15.1. The van der Waals surface area contributed by atoms with Crippen LogP contribution in [-0.4, -0.2) is 68.3 Å². The number of hydrogen-bond donors (Lipinski definition) is 2. The summed E-state index contributed by atoms with van der Waals surface area (Å²) in [6, 6.07) is 0. The Labute approximate surface area is 141 Å². The van der Waals surface area contributed by atoms with Crippen molar-refractivity contribution in [3.8, 4) is 0 Å². The molecule has 5 nitrogen and oxygen atoms in total. The number of aliphatic hydroxyl groups excluding tert-OH is 1. The first-order valence-corrected chi connectivity index (χ1v) is 9.30. The van der Waals surface area contributed by atoms with Crippen LogP contribution in [0.2, 0.25) is 0 Å². The van der Waals surface area contributed by atoms with Crippen molar-refractivity contribution in [3.05, 3.63) is 0 Å². The van der Waals surface area contributed by atoms with Crippen molar-refractivity contribution >= 4 is 5.78 Å². The van der Waals surface area contributed by atoms with Gasteiger partial charge in [0.25, 0.3) is 0 Å². The third kappa shape index (κ3) is 9.40. The van der Waals surface area contributed by atoms with E-state index in [0.717, 1.165) is 52.2 Å². The van der Waals surface area contributed by atoms with Crippen LogP contribution in [-0.2, 0) is 9.53 Å². The topological polar surface area (TPSA) is 61.8 Å². The van der Waals surface area contributed by atoms with Crippen LogP contribution < -0.4 is 5.32 Å². The van der Waals surface area contributed by atoms with E-state index in [2.05, 4.69) is 10.2 Å². The van der Waals surface area contributed by atoms with Crippen molar-refractivity contribution in [2.45, 2.75) is 46.0 Å². The van der Waals surface area contributed by atoms with Crippen LogP contribution in [0.5, 0.6) is 0 Å².